The molecule has 2 nitrogen and oxygen atoms in total. The molecule has 0 amide bonds. The van der Waals surface area contributed by atoms with Crippen LogP contribution in [0.3, 0.4) is 0 Å². The summed E-state index contributed by atoms with van der Waals surface area (Å²) in [6, 6.07) is 0. The highest BCUT2D eigenvalue weighted by Crippen LogP contribution is 2.12. The van der Waals surface area contributed by atoms with Crippen molar-refractivity contribution in [2.45, 2.75) is 31.8 Å². The lowest BCUT2D eigenvalue weighted by atomic mass is 10.0. The Morgan fingerprint density at radius 3 is 2.40 bits per heavy atom. The van der Waals surface area contributed by atoms with Crippen LogP contribution in [0.15, 0.2) is 0 Å². The second-order valence-corrected chi connectivity index (χ2v) is 3.18. The molecule has 10 heavy (non-hydrogen) atoms. The molecule has 0 spiro atoms. The first-order valence-corrected chi connectivity index (χ1v) is 4.05. The molecule has 0 rings (SSSR count). The predicted molar refractivity (Wildman–Crippen MR) is 42.3 cm³/mol. The second-order valence-electron chi connectivity index (χ2n) is 2.80. The fourth-order valence-corrected chi connectivity index (χ4v) is 0.868. The molecular weight excluding hydrogens is 152 g/mol. The van der Waals surface area contributed by atoms with Gasteiger partial charge in [-0.1, -0.05) is 0 Å². The first-order valence-electron chi connectivity index (χ1n) is 3.51. The summed E-state index contributed by atoms with van der Waals surface area (Å²) in [5, 5.41) is 17.9. The summed E-state index contributed by atoms with van der Waals surface area (Å²) in [6.45, 7) is 1.45. The quantitative estimate of drug-likeness (QED) is 0.475. The summed E-state index contributed by atoms with van der Waals surface area (Å²) >= 11 is 5.43. The average Bonchev–Trinajstić information content (AvgIpc) is 1.89. The molecule has 1 atom stereocenters. The van der Waals surface area contributed by atoms with Crippen molar-refractivity contribution in [1.29, 1.82) is 0 Å². The van der Waals surface area contributed by atoms with Crippen LogP contribution in [0.1, 0.15) is 26.2 Å². The summed E-state index contributed by atoms with van der Waals surface area (Å²) in [6.07, 6.45) is 2.39. The molecule has 0 radical (unpaired) electrons. The van der Waals surface area contributed by atoms with Crippen molar-refractivity contribution in [2.75, 3.05) is 12.5 Å². The van der Waals surface area contributed by atoms with Crippen LogP contribution in [0, 0.1) is 0 Å². The molecule has 0 saturated carbocycles. The van der Waals surface area contributed by atoms with Crippen LogP contribution >= 0.6 is 11.6 Å². The fourth-order valence-electron chi connectivity index (χ4n) is 0.679. The van der Waals surface area contributed by atoms with E-state index in [0.29, 0.717) is 12.3 Å². The maximum absolute atomic E-state index is 9.26. The van der Waals surface area contributed by atoms with Crippen molar-refractivity contribution >= 4 is 11.6 Å². The van der Waals surface area contributed by atoms with E-state index in [1.54, 1.807) is 6.92 Å². The van der Waals surface area contributed by atoms with E-state index in [0.717, 1.165) is 12.8 Å². The third kappa shape index (κ3) is 5.03. The van der Waals surface area contributed by atoms with Gasteiger partial charge < -0.3 is 10.2 Å². The zero-order valence-corrected chi connectivity index (χ0v) is 7.06. The molecule has 62 valence electrons. The molecule has 0 heterocycles. The van der Waals surface area contributed by atoms with E-state index in [4.69, 9.17) is 16.7 Å². The number of unbranched alkanes of at least 4 members (excludes halogenated alkanes) is 1. The topological polar surface area (TPSA) is 40.5 Å². The third-order valence-corrected chi connectivity index (χ3v) is 1.71. The lowest BCUT2D eigenvalue weighted by molar-refractivity contribution is -0.00656. The van der Waals surface area contributed by atoms with Gasteiger partial charge in [0, 0.05) is 5.88 Å². The molecule has 1 unspecified atom stereocenters. The van der Waals surface area contributed by atoms with Gasteiger partial charge >= 0.3 is 0 Å². The largest absolute Gasteiger partial charge is 0.393 e. The predicted octanol–water partition coefficient (Wildman–Crippen LogP) is 1.14. The van der Waals surface area contributed by atoms with Gasteiger partial charge in [0.15, 0.2) is 0 Å². The summed E-state index contributed by atoms with van der Waals surface area (Å²) in [4.78, 5) is 0. The SMILES string of the molecule is CC(O)(CO)CCCCCl. The lowest BCUT2D eigenvalue weighted by Gasteiger charge is -2.19. The smallest absolute Gasteiger partial charge is 0.0849 e. The number of aliphatic hydroxyl groups is 2. The van der Waals surface area contributed by atoms with Crippen molar-refractivity contribution < 1.29 is 10.2 Å². The number of rotatable bonds is 5. The fraction of sp³-hybridized carbons (Fsp3) is 1.00. The van der Waals surface area contributed by atoms with Crippen LogP contribution in [-0.4, -0.2) is 28.3 Å². The minimum atomic E-state index is -0.911. The Labute approximate surface area is 66.8 Å². The Bertz CT molecular complexity index is 83.7. The number of hydrogen-bond donors (Lipinski definition) is 2. The van der Waals surface area contributed by atoms with Gasteiger partial charge in [0.2, 0.25) is 0 Å². The Morgan fingerprint density at radius 2 is 2.00 bits per heavy atom. The van der Waals surface area contributed by atoms with Crippen molar-refractivity contribution in [2.24, 2.45) is 0 Å². The maximum atomic E-state index is 9.26. The number of aliphatic hydroxyl groups excluding tert-OH is 1. The monoisotopic (exact) mass is 166 g/mol. The zero-order chi connectivity index (χ0) is 8.04. The summed E-state index contributed by atoms with van der Waals surface area (Å²) in [7, 11) is 0. The Balaban J connectivity index is 3.28. The van der Waals surface area contributed by atoms with Crippen LogP contribution in [0.4, 0.5) is 0 Å². The van der Waals surface area contributed by atoms with Gasteiger partial charge in [0.05, 0.1) is 12.2 Å². The molecular formula is C7H15ClO2. The molecule has 0 fully saturated rings. The van der Waals surface area contributed by atoms with E-state index < -0.39 is 5.60 Å². The van der Waals surface area contributed by atoms with Crippen molar-refractivity contribution in [3.63, 3.8) is 0 Å². The Morgan fingerprint density at radius 1 is 1.40 bits per heavy atom. The molecule has 0 aromatic heterocycles. The van der Waals surface area contributed by atoms with Crippen LogP contribution in [0.25, 0.3) is 0 Å². The van der Waals surface area contributed by atoms with Crippen LogP contribution < -0.4 is 0 Å². The Hall–Kier alpha value is 0.210. The molecule has 3 heteroatoms. The zero-order valence-electron chi connectivity index (χ0n) is 6.31. The number of hydrogen-bond acceptors (Lipinski definition) is 2. The minimum Gasteiger partial charge on any atom is -0.393 e. The van der Waals surface area contributed by atoms with Crippen LogP contribution in [-0.2, 0) is 0 Å². The third-order valence-electron chi connectivity index (χ3n) is 1.44. The van der Waals surface area contributed by atoms with Crippen LogP contribution in [0.2, 0.25) is 0 Å². The highest BCUT2D eigenvalue weighted by Gasteiger charge is 2.17. The van der Waals surface area contributed by atoms with Gasteiger partial charge in [0.1, 0.15) is 0 Å². The van der Waals surface area contributed by atoms with E-state index in [9.17, 15) is 5.11 Å². The van der Waals surface area contributed by atoms with E-state index in [2.05, 4.69) is 0 Å². The summed E-state index contributed by atoms with van der Waals surface area (Å²) in [5.41, 5.74) is -0.911. The van der Waals surface area contributed by atoms with Crippen molar-refractivity contribution in [1.82, 2.24) is 0 Å². The minimum absolute atomic E-state index is 0.171. The molecule has 0 aliphatic heterocycles. The lowest BCUT2D eigenvalue weighted by Crippen LogP contribution is -2.28. The standard InChI is InChI=1S/C7H15ClO2/c1-7(10,6-9)4-2-3-5-8/h9-10H,2-6H2,1H3. The molecule has 0 bridgehead atoms. The Kier molecular flexibility index (Phi) is 5.04. The molecule has 2 N–H and O–H groups in total. The summed E-state index contributed by atoms with van der Waals surface area (Å²) < 4.78 is 0. The normalized spacial score (nSPS) is 16.8. The van der Waals surface area contributed by atoms with Gasteiger partial charge in [-0.15, -0.1) is 11.6 Å². The van der Waals surface area contributed by atoms with Crippen molar-refractivity contribution in [3.05, 3.63) is 0 Å². The summed E-state index contributed by atoms with van der Waals surface area (Å²) in [5.74, 6) is 0.626. The second kappa shape index (κ2) is 4.94. The molecule has 0 aliphatic carbocycles. The highest BCUT2D eigenvalue weighted by molar-refractivity contribution is 6.17. The van der Waals surface area contributed by atoms with E-state index in [1.165, 1.54) is 0 Å². The van der Waals surface area contributed by atoms with E-state index >= 15 is 0 Å². The first kappa shape index (κ1) is 10.2. The van der Waals surface area contributed by atoms with Gasteiger partial charge in [-0.25, -0.2) is 0 Å². The number of alkyl halides is 1. The van der Waals surface area contributed by atoms with Gasteiger partial charge in [-0.05, 0) is 26.2 Å². The maximum Gasteiger partial charge on any atom is 0.0849 e. The van der Waals surface area contributed by atoms with E-state index in [1.807, 2.05) is 0 Å². The van der Waals surface area contributed by atoms with Gasteiger partial charge in [-0.2, -0.15) is 0 Å². The first-order chi connectivity index (χ1) is 4.62. The number of halogens is 1. The molecule has 0 saturated heterocycles. The van der Waals surface area contributed by atoms with Crippen molar-refractivity contribution in [3.8, 4) is 0 Å². The molecule has 0 aromatic rings. The molecule has 0 aliphatic rings. The average molecular weight is 167 g/mol. The van der Waals surface area contributed by atoms with E-state index in [-0.39, 0.29) is 6.61 Å². The molecule has 0 aromatic carbocycles. The van der Waals surface area contributed by atoms with Gasteiger partial charge in [-0.3, -0.25) is 0 Å². The van der Waals surface area contributed by atoms with Gasteiger partial charge in [0.25, 0.3) is 0 Å². The highest BCUT2D eigenvalue weighted by atomic mass is 35.5. The van der Waals surface area contributed by atoms with Crippen LogP contribution in [0.5, 0.6) is 0 Å².